The van der Waals surface area contributed by atoms with Crippen LogP contribution in [0.2, 0.25) is 0 Å². The molecule has 0 amide bonds. The van der Waals surface area contributed by atoms with Gasteiger partial charge in [0.1, 0.15) is 0 Å². The molecule has 1 saturated carbocycles. The molecule has 1 heterocycles. The van der Waals surface area contributed by atoms with E-state index in [1.54, 1.807) is 18.7 Å². The fraction of sp³-hybridized carbons (Fsp3) is 0.700. The summed E-state index contributed by atoms with van der Waals surface area (Å²) in [6.45, 7) is 0. The summed E-state index contributed by atoms with van der Waals surface area (Å²) < 4.78 is 6.98. The Bertz CT molecular complexity index is 418. The van der Waals surface area contributed by atoms with Crippen molar-refractivity contribution in [2.24, 2.45) is 7.05 Å². The monoisotopic (exact) mass is 240 g/mol. The van der Waals surface area contributed by atoms with E-state index in [9.17, 15) is 10.1 Å². The lowest BCUT2D eigenvalue weighted by atomic mass is 10.2. The molecule has 1 aromatic rings. The number of nitrogens with zero attached hydrogens (tertiary/aromatic N) is 3. The van der Waals surface area contributed by atoms with Gasteiger partial charge in [-0.25, -0.2) is 0 Å². The second-order valence-electron chi connectivity index (χ2n) is 4.24. The molecule has 1 fully saturated rings. The van der Waals surface area contributed by atoms with E-state index in [0.29, 0.717) is 5.82 Å². The van der Waals surface area contributed by atoms with Crippen molar-refractivity contribution < 1.29 is 9.66 Å². The highest BCUT2D eigenvalue weighted by Gasteiger charge is 2.30. The number of anilines is 1. The molecular weight excluding hydrogens is 224 g/mol. The lowest BCUT2D eigenvalue weighted by Gasteiger charge is -2.20. The first-order valence-corrected chi connectivity index (χ1v) is 5.58. The Morgan fingerprint density at radius 3 is 3.06 bits per heavy atom. The van der Waals surface area contributed by atoms with Gasteiger partial charge >= 0.3 is 5.82 Å². The van der Waals surface area contributed by atoms with Crippen molar-refractivity contribution in [2.75, 3.05) is 12.4 Å². The zero-order valence-electron chi connectivity index (χ0n) is 9.92. The van der Waals surface area contributed by atoms with E-state index in [1.165, 1.54) is 6.33 Å². The van der Waals surface area contributed by atoms with Crippen LogP contribution < -0.4 is 5.32 Å². The number of nitro groups is 1. The minimum Gasteiger partial charge on any atom is -0.379 e. The van der Waals surface area contributed by atoms with E-state index in [2.05, 4.69) is 10.3 Å². The number of imidazole rings is 1. The number of aromatic nitrogens is 2. The molecule has 1 aliphatic carbocycles. The molecule has 0 spiro atoms. The normalized spacial score (nSPS) is 23.9. The van der Waals surface area contributed by atoms with Gasteiger partial charge in [0.2, 0.25) is 12.1 Å². The molecule has 1 N–H and O–H groups in total. The van der Waals surface area contributed by atoms with E-state index in [-0.39, 0.29) is 18.0 Å². The molecule has 1 aliphatic rings. The number of rotatable bonds is 4. The van der Waals surface area contributed by atoms with Gasteiger partial charge in [0.15, 0.2) is 0 Å². The summed E-state index contributed by atoms with van der Waals surface area (Å²) in [6.07, 6.45) is 4.57. The highest BCUT2D eigenvalue weighted by Crippen LogP contribution is 2.28. The maximum Gasteiger partial charge on any atom is 0.406 e. The van der Waals surface area contributed by atoms with Crippen LogP contribution >= 0.6 is 0 Å². The average molecular weight is 240 g/mol. The van der Waals surface area contributed by atoms with Crippen LogP contribution in [-0.4, -0.2) is 33.7 Å². The summed E-state index contributed by atoms with van der Waals surface area (Å²) in [4.78, 5) is 14.1. The maximum atomic E-state index is 10.8. The Morgan fingerprint density at radius 2 is 2.41 bits per heavy atom. The van der Waals surface area contributed by atoms with Gasteiger partial charge in [-0.3, -0.25) is 4.57 Å². The van der Waals surface area contributed by atoms with Crippen LogP contribution in [0.4, 0.5) is 11.6 Å². The molecule has 7 heteroatoms. The average Bonchev–Trinajstić information content (AvgIpc) is 2.87. The van der Waals surface area contributed by atoms with Gasteiger partial charge in [-0.05, 0) is 29.2 Å². The molecule has 2 rings (SSSR count). The van der Waals surface area contributed by atoms with Gasteiger partial charge < -0.3 is 20.2 Å². The van der Waals surface area contributed by atoms with Crippen molar-refractivity contribution in [3.8, 4) is 0 Å². The van der Waals surface area contributed by atoms with Crippen molar-refractivity contribution in [3.63, 3.8) is 0 Å². The lowest BCUT2D eigenvalue weighted by Crippen LogP contribution is -2.30. The molecule has 17 heavy (non-hydrogen) atoms. The number of ether oxygens (including phenoxy) is 1. The number of aryl methyl sites for hydroxylation is 1. The van der Waals surface area contributed by atoms with Crippen LogP contribution in [0.3, 0.4) is 0 Å². The second-order valence-corrected chi connectivity index (χ2v) is 4.24. The van der Waals surface area contributed by atoms with Crippen molar-refractivity contribution >= 4 is 11.6 Å². The third-order valence-corrected chi connectivity index (χ3v) is 3.17. The van der Waals surface area contributed by atoms with E-state index in [0.717, 1.165) is 19.3 Å². The smallest absolute Gasteiger partial charge is 0.379 e. The van der Waals surface area contributed by atoms with Crippen molar-refractivity contribution in [1.29, 1.82) is 0 Å². The van der Waals surface area contributed by atoms with Gasteiger partial charge in [-0.1, -0.05) is 0 Å². The number of methoxy groups -OCH3 is 1. The lowest BCUT2D eigenvalue weighted by molar-refractivity contribution is -0.388. The molecule has 1 aromatic heterocycles. The molecule has 2 atom stereocenters. The van der Waals surface area contributed by atoms with Crippen LogP contribution in [0, 0.1) is 10.1 Å². The quantitative estimate of drug-likeness (QED) is 0.633. The standard InChI is InChI=1S/C10H16N4O3/c1-13-6-11-9(14(15)16)10(13)12-7-4-3-5-8(7)17-2/h6-8,12H,3-5H2,1-2H3. The summed E-state index contributed by atoms with van der Waals surface area (Å²) in [5, 5.41) is 14.0. The minimum atomic E-state index is -0.473. The zero-order chi connectivity index (χ0) is 12.4. The minimum absolute atomic E-state index is 0.115. The van der Waals surface area contributed by atoms with Gasteiger partial charge in [-0.2, -0.15) is 0 Å². The van der Waals surface area contributed by atoms with Crippen LogP contribution in [0.25, 0.3) is 0 Å². The molecule has 7 nitrogen and oxygen atoms in total. The van der Waals surface area contributed by atoms with E-state index in [4.69, 9.17) is 4.74 Å². The number of hydrogen-bond donors (Lipinski definition) is 1. The molecular formula is C10H16N4O3. The highest BCUT2D eigenvalue weighted by atomic mass is 16.6. The Morgan fingerprint density at radius 1 is 1.65 bits per heavy atom. The van der Waals surface area contributed by atoms with Gasteiger partial charge in [0.05, 0.1) is 12.1 Å². The van der Waals surface area contributed by atoms with E-state index >= 15 is 0 Å². The topological polar surface area (TPSA) is 82.2 Å². The van der Waals surface area contributed by atoms with Gasteiger partial charge in [0, 0.05) is 14.2 Å². The first kappa shape index (κ1) is 11.8. The Hall–Kier alpha value is -1.63. The number of hydrogen-bond acceptors (Lipinski definition) is 5. The summed E-state index contributed by atoms with van der Waals surface area (Å²) in [6, 6.07) is 0.120. The second kappa shape index (κ2) is 4.70. The van der Waals surface area contributed by atoms with Gasteiger partial charge in [0.25, 0.3) is 0 Å². The molecule has 0 radical (unpaired) electrons. The molecule has 0 aromatic carbocycles. The van der Waals surface area contributed by atoms with E-state index < -0.39 is 4.92 Å². The molecule has 0 saturated heterocycles. The van der Waals surface area contributed by atoms with Gasteiger partial charge in [-0.15, -0.1) is 0 Å². The SMILES string of the molecule is COC1CCCC1Nc1c([N+](=O)[O-])ncn1C. The first-order valence-electron chi connectivity index (χ1n) is 5.58. The predicted molar refractivity (Wildman–Crippen MR) is 61.9 cm³/mol. The maximum absolute atomic E-state index is 10.8. The van der Waals surface area contributed by atoms with Crippen molar-refractivity contribution in [1.82, 2.24) is 9.55 Å². The first-order chi connectivity index (χ1) is 8.13. The Kier molecular flexibility index (Phi) is 3.28. The van der Waals surface area contributed by atoms with Crippen LogP contribution in [0.1, 0.15) is 19.3 Å². The Balaban J connectivity index is 2.17. The van der Waals surface area contributed by atoms with Crippen molar-refractivity contribution in [2.45, 2.75) is 31.4 Å². The largest absolute Gasteiger partial charge is 0.406 e. The number of nitrogens with one attached hydrogen (secondary N) is 1. The molecule has 0 aliphatic heterocycles. The molecule has 0 bridgehead atoms. The summed E-state index contributed by atoms with van der Waals surface area (Å²) in [5.41, 5.74) is 0. The van der Waals surface area contributed by atoms with Crippen LogP contribution in [-0.2, 0) is 11.8 Å². The predicted octanol–water partition coefficient (Wildman–Crippen LogP) is 1.31. The van der Waals surface area contributed by atoms with E-state index in [1.807, 2.05) is 0 Å². The van der Waals surface area contributed by atoms with Crippen LogP contribution in [0.5, 0.6) is 0 Å². The fourth-order valence-corrected chi connectivity index (χ4v) is 2.27. The third kappa shape index (κ3) is 2.23. The summed E-state index contributed by atoms with van der Waals surface area (Å²) >= 11 is 0. The van der Waals surface area contributed by atoms with Crippen molar-refractivity contribution in [3.05, 3.63) is 16.4 Å². The molecule has 94 valence electrons. The van der Waals surface area contributed by atoms with Crippen LogP contribution in [0.15, 0.2) is 6.33 Å². The zero-order valence-corrected chi connectivity index (χ0v) is 9.92. The highest BCUT2D eigenvalue weighted by molar-refractivity contribution is 5.53. The Labute approximate surface area is 98.9 Å². The molecule has 2 unspecified atom stereocenters. The fourth-order valence-electron chi connectivity index (χ4n) is 2.27. The third-order valence-electron chi connectivity index (χ3n) is 3.17. The summed E-state index contributed by atoms with van der Waals surface area (Å²) in [7, 11) is 3.40. The summed E-state index contributed by atoms with van der Waals surface area (Å²) in [5.74, 6) is 0.318.